The molecular weight excluding hydrogens is 392 g/mol. The zero-order chi connectivity index (χ0) is 21.6. The van der Waals surface area contributed by atoms with E-state index in [1.807, 2.05) is 47.4 Å². The highest BCUT2D eigenvalue weighted by atomic mass is 16.2. The van der Waals surface area contributed by atoms with Gasteiger partial charge >= 0.3 is 0 Å². The molecule has 0 bridgehead atoms. The number of piperazine rings is 1. The van der Waals surface area contributed by atoms with Crippen molar-refractivity contribution in [3.05, 3.63) is 66.0 Å². The van der Waals surface area contributed by atoms with Crippen LogP contribution in [-0.4, -0.2) is 70.3 Å². The number of imidazole rings is 1. The molecular formula is C23H28N6O2. The summed E-state index contributed by atoms with van der Waals surface area (Å²) in [6.45, 7) is 3.34. The van der Waals surface area contributed by atoms with Gasteiger partial charge in [-0.05, 0) is 17.7 Å². The number of primary amides is 1. The van der Waals surface area contributed by atoms with E-state index in [9.17, 15) is 9.59 Å². The van der Waals surface area contributed by atoms with Crippen molar-refractivity contribution >= 4 is 22.8 Å². The van der Waals surface area contributed by atoms with E-state index in [1.54, 1.807) is 0 Å². The summed E-state index contributed by atoms with van der Waals surface area (Å²) in [4.78, 5) is 36.4. The molecule has 4 N–H and O–H groups in total. The molecule has 0 spiro atoms. The Kier molecular flexibility index (Phi) is 6.59. The van der Waals surface area contributed by atoms with Crippen LogP contribution >= 0.6 is 0 Å². The van der Waals surface area contributed by atoms with E-state index in [0.717, 1.165) is 29.9 Å². The van der Waals surface area contributed by atoms with Gasteiger partial charge in [-0.2, -0.15) is 0 Å². The van der Waals surface area contributed by atoms with E-state index in [-0.39, 0.29) is 12.5 Å². The molecule has 3 aromatic rings. The number of H-pyrrole nitrogens is 1. The minimum absolute atomic E-state index is 0.112. The average Bonchev–Trinajstić information content (AvgIpc) is 3.18. The third kappa shape index (κ3) is 5.48. The van der Waals surface area contributed by atoms with Crippen molar-refractivity contribution in [2.75, 3.05) is 32.7 Å². The van der Waals surface area contributed by atoms with Gasteiger partial charge in [-0.25, -0.2) is 4.98 Å². The molecule has 8 nitrogen and oxygen atoms in total. The molecule has 0 aliphatic carbocycles. The van der Waals surface area contributed by atoms with Crippen LogP contribution in [-0.2, 0) is 22.6 Å². The first-order valence-corrected chi connectivity index (χ1v) is 10.6. The van der Waals surface area contributed by atoms with Crippen molar-refractivity contribution in [2.45, 2.75) is 19.0 Å². The maximum Gasteiger partial charge on any atom is 0.236 e. The fourth-order valence-corrected chi connectivity index (χ4v) is 4.01. The molecule has 2 aromatic carbocycles. The van der Waals surface area contributed by atoms with Crippen molar-refractivity contribution in [1.82, 2.24) is 25.1 Å². The van der Waals surface area contributed by atoms with Gasteiger partial charge in [-0.3, -0.25) is 19.4 Å². The number of benzene rings is 2. The first-order valence-electron chi connectivity index (χ1n) is 10.6. The lowest BCUT2D eigenvalue weighted by Gasteiger charge is -2.39. The number of hydrogen-bond acceptors (Lipinski definition) is 5. The standard InChI is InChI=1S/C23H28N6O2/c24-23(31)20-15-28(14-17-6-2-1-3-7-17)12-13-29(20)16-22(30)25-11-10-21-26-18-8-4-5-9-19(18)27-21/h1-9,20H,10-16H2,(H2,24,31)(H,25,30)(H,26,27). The van der Waals surface area contributed by atoms with Gasteiger partial charge in [-0.1, -0.05) is 42.5 Å². The second kappa shape index (κ2) is 9.72. The zero-order valence-electron chi connectivity index (χ0n) is 17.5. The number of nitrogens with one attached hydrogen (secondary N) is 2. The number of nitrogens with two attached hydrogens (primary N) is 1. The van der Waals surface area contributed by atoms with Crippen LogP contribution < -0.4 is 11.1 Å². The van der Waals surface area contributed by atoms with Crippen molar-refractivity contribution in [1.29, 1.82) is 0 Å². The van der Waals surface area contributed by atoms with Gasteiger partial charge in [0.15, 0.2) is 0 Å². The van der Waals surface area contributed by atoms with E-state index >= 15 is 0 Å². The number of hydrogen-bond donors (Lipinski definition) is 3. The molecule has 2 amide bonds. The van der Waals surface area contributed by atoms with Crippen molar-refractivity contribution < 1.29 is 9.59 Å². The van der Waals surface area contributed by atoms with Gasteiger partial charge in [-0.15, -0.1) is 0 Å². The Hall–Kier alpha value is -3.23. The normalized spacial score (nSPS) is 17.6. The third-order valence-electron chi connectivity index (χ3n) is 5.62. The minimum Gasteiger partial charge on any atom is -0.368 e. The topological polar surface area (TPSA) is 107 Å². The lowest BCUT2D eigenvalue weighted by atomic mass is 10.1. The molecule has 1 fully saturated rings. The summed E-state index contributed by atoms with van der Waals surface area (Å²) in [6, 6.07) is 17.5. The Bertz CT molecular complexity index is 1000. The van der Waals surface area contributed by atoms with Crippen LogP contribution in [0.3, 0.4) is 0 Å². The zero-order valence-corrected chi connectivity index (χ0v) is 17.5. The SMILES string of the molecule is NC(=O)C1CN(Cc2ccccc2)CCN1CC(=O)NCCc1nc2ccccc2[nH]1. The summed E-state index contributed by atoms with van der Waals surface area (Å²) in [7, 11) is 0. The Morgan fingerprint density at radius 2 is 1.87 bits per heavy atom. The van der Waals surface area contributed by atoms with Gasteiger partial charge in [0.1, 0.15) is 11.9 Å². The largest absolute Gasteiger partial charge is 0.368 e. The molecule has 2 heterocycles. The molecule has 1 aliphatic heterocycles. The predicted octanol–water partition coefficient (Wildman–Crippen LogP) is 0.893. The van der Waals surface area contributed by atoms with E-state index in [0.29, 0.717) is 26.1 Å². The van der Waals surface area contributed by atoms with Gasteiger partial charge in [0.2, 0.25) is 11.8 Å². The van der Waals surface area contributed by atoms with E-state index in [1.165, 1.54) is 5.56 Å². The molecule has 0 saturated carbocycles. The molecule has 31 heavy (non-hydrogen) atoms. The highest BCUT2D eigenvalue weighted by Gasteiger charge is 2.32. The second-order valence-electron chi connectivity index (χ2n) is 7.91. The van der Waals surface area contributed by atoms with Gasteiger partial charge < -0.3 is 16.0 Å². The maximum atomic E-state index is 12.5. The molecule has 1 aliphatic rings. The van der Waals surface area contributed by atoms with Crippen molar-refractivity contribution in [2.24, 2.45) is 5.73 Å². The summed E-state index contributed by atoms with van der Waals surface area (Å²) in [5.41, 5.74) is 8.75. The number of amides is 2. The maximum absolute atomic E-state index is 12.5. The predicted molar refractivity (Wildman–Crippen MR) is 119 cm³/mol. The van der Waals surface area contributed by atoms with Crippen molar-refractivity contribution in [3.8, 4) is 0 Å². The smallest absolute Gasteiger partial charge is 0.236 e. The van der Waals surface area contributed by atoms with Crippen LogP contribution in [0.5, 0.6) is 0 Å². The lowest BCUT2D eigenvalue weighted by Crippen LogP contribution is -2.59. The summed E-state index contributed by atoms with van der Waals surface area (Å²) in [5.74, 6) is 0.331. The molecule has 1 unspecified atom stereocenters. The number of fused-ring (bicyclic) bond motifs is 1. The fraction of sp³-hybridized carbons (Fsp3) is 0.348. The number of rotatable bonds is 8. The molecule has 8 heteroatoms. The molecule has 4 rings (SSSR count). The molecule has 0 radical (unpaired) electrons. The van der Waals surface area contributed by atoms with Crippen LogP contribution in [0.4, 0.5) is 0 Å². The quantitative estimate of drug-likeness (QED) is 0.502. The summed E-state index contributed by atoms with van der Waals surface area (Å²) in [6.07, 6.45) is 0.616. The Labute approximate surface area is 181 Å². The highest BCUT2D eigenvalue weighted by molar-refractivity contribution is 5.82. The third-order valence-corrected chi connectivity index (χ3v) is 5.62. The van der Waals surface area contributed by atoms with Gasteiger partial charge in [0.25, 0.3) is 0 Å². The summed E-state index contributed by atoms with van der Waals surface area (Å²) in [5, 5.41) is 2.93. The van der Waals surface area contributed by atoms with Gasteiger partial charge in [0.05, 0.1) is 17.6 Å². The number of carbonyl (C=O) groups excluding carboxylic acids is 2. The monoisotopic (exact) mass is 420 g/mol. The molecule has 1 saturated heterocycles. The highest BCUT2D eigenvalue weighted by Crippen LogP contribution is 2.13. The van der Waals surface area contributed by atoms with Crippen LogP contribution in [0.25, 0.3) is 11.0 Å². The molecule has 1 aromatic heterocycles. The summed E-state index contributed by atoms with van der Waals surface area (Å²) >= 11 is 0. The number of nitrogens with zero attached hydrogens (tertiary/aromatic N) is 3. The first-order chi connectivity index (χ1) is 15.1. The molecule has 162 valence electrons. The first kappa shape index (κ1) is 21.0. The van der Waals surface area contributed by atoms with E-state index in [4.69, 9.17) is 5.73 Å². The van der Waals surface area contributed by atoms with Crippen LogP contribution in [0.2, 0.25) is 0 Å². The fourth-order valence-electron chi connectivity index (χ4n) is 4.01. The Balaban J connectivity index is 1.26. The number of para-hydroxylation sites is 2. The Morgan fingerprint density at radius 3 is 2.65 bits per heavy atom. The van der Waals surface area contributed by atoms with Crippen LogP contribution in [0.15, 0.2) is 54.6 Å². The number of carbonyl (C=O) groups is 2. The average molecular weight is 421 g/mol. The number of aromatic amines is 1. The minimum atomic E-state index is -0.474. The van der Waals surface area contributed by atoms with Crippen LogP contribution in [0.1, 0.15) is 11.4 Å². The van der Waals surface area contributed by atoms with Gasteiger partial charge in [0, 0.05) is 39.1 Å². The van der Waals surface area contributed by atoms with Crippen molar-refractivity contribution in [3.63, 3.8) is 0 Å². The van der Waals surface area contributed by atoms with E-state index < -0.39 is 11.9 Å². The van der Waals surface area contributed by atoms with Crippen LogP contribution in [0, 0.1) is 0 Å². The van der Waals surface area contributed by atoms with E-state index in [2.05, 4.69) is 32.3 Å². The Morgan fingerprint density at radius 1 is 1.10 bits per heavy atom. The second-order valence-corrected chi connectivity index (χ2v) is 7.91. The molecule has 1 atom stereocenters. The summed E-state index contributed by atoms with van der Waals surface area (Å²) < 4.78 is 0. The number of aromatic nitrogens is 2. The lowest BCUT2D eigenvalue weighted by molar-refractivity contribution is -0.129.